The van der Waals surface area contributed by atoms with Gasteiger partial charge in [0.15, 0.2) is 0 Å². The molecular formula is C21H19N5O2. The lowest BCUT2D eigenvalue weighted by molar-refractivity contribution is 0.394. The molecule has 0 amide bonds. The Morgan fingerprint density at radius 3 is 2.18 bits per heavy atom. The number of rotatable bonds is 5. The van der Waals surface area contributed by atoms with E-state index in [0.29, 0.717) is 5.95 Å². The fourth-order valence-corrected chi connectivity index (χ4v) is 2.97. The molecule has 0 radical (unpaired) electrons. The van der Waals surface area contributed by atoms with Crippen molar-refractivity contribution in [1.29, 1.82) is 0 Å². The topological polar surface area (TPSA) is 82.0 Å². The average Bonchev–Trinajstić information content (AvgIpc) is 2.74. The molecule has 0 fully saturated rings. The number of benzene rings is 2. The van der Waals surface area contributed by atoms with Crippen LogP contribution in [0.3, 0.4) is 0 Å². The molecule has 2 aromatic heterocycles. The lowest BCUT2D eigenvalue weighted by Crippen LogP contribution is -2.01. The molecule has 0 aliphatic carbocycles. The van der Waals surface area contributed by atoms with Gasteiger partial charge < -0.3 is 14.8 Å². The third kappa shape index (κ3) is 3.55. The van der Waals surface area contributed by atoms with Gasteiger partial charge in [0, 0.05) is 24.1 Å². The molecule has 4 aromatic rings. The maximum absolute atomic E-state index is 5.38. The summed E-state index contributed by atoms with van der Waals surface area (Å²) < 4.78 is 10.8. The second-order valence-corrected chi connectivity index (χ2v) is 6.26. The van der Waals surface area contributed by atoms with Crippen molar-refractivity contribution in [3.63, 3.8) is 0 Å². The summed E-state index contributed by atoms with van der Waals surface area (Å²) in [6, 6.07) is 13.5. The van der Waals surface area contributed by atoms with Crippen LogP contribution in [-0.2, 0) is 0 Å². The lowest BCUT2D eigenvalue weighted by Gasteiger charge is -2.11. The van der Waals surface area contributed by atoms with Gasteiger partial charge in [-0.05, 0) is 60.0 Å². The highest BCUT2D eigenvalue weighted by molar-refractivity contribution is 5.85. The molecule has 4 rings (SSSR count). The normalized spacial score (nSPS) is 10.7. The van der Waals surface area contributed by atoms with E-state index in [-0.39, 0.29) is 0 Å². The van der Waals surface area contributed by atoms with Gasteiger partial charge in [-0.15, -0.1) is 10.2 Å². The standard InChI is InChI=1S/C21H19N5O2/c1-13-8-14(15-9-17(27-2)12-18(10-15)28-3)11-19-20(13)24-21(26-25-19)23-16-4-6-22-7-5-16/h4-12H,1-3H3,(H,22,23,24,26). The van der Waals surface area contributed by atoms with Crippen LogP contribution in [-0.4, -0.2) is 34.4 Å². The zero-order valence-electron chi connectivity index (χ0n) is 15.8. The number of ether oxygens (including phenoxy) is 2. The molecule has 1 N–H and O–H groups in total. The SMILES string of the molecule is COc1cc(OC)cc(-c2cc(C)c3nc(Nc4ccncc4)nnc3c2)c1. The molecule has 7 heteroatoms. The van der Waals surface area contributed by atoms with Crippen LogP contribution in [0, 0.1) is 6.92 Å². The van der Waals surface area contributed by atoms with Crippen LogP contribution in [0.15, 0.2) is 54.9 Å². The molecule has 0 aliphatic rings. The average molecular weight is 373 g/mol. The maximum atomic E-state index is 5.38. The molecule has 0 unspecified atom stereocenters. The van der Waals surface area contributed by atoms with Crippen molar-refractivity contribution in [3.8, 4) is 22.6 Å². The first kappa shape index (κ1) is 17.7. The minimum absolute atomic E-state index is 0.442. The number of hydrogen-bond acceptors (Lipinski definition) is 7. The number of hydrogen-bond donors (Lipinski definition) is 1. The smallest absolute Gasteiger partial charge is 0.247 e. The Hall–Kier alpha value is -3.74. The molecule has 0 bridgehead atoms. The molecular weight excluding hydrogens is 354 g/mol. The molecule has 0 saturated heterocycles. The number of aromatic nitrogens is 4. The molecule has 0 aliphatic heterocycles. The van der Waals surface area contributed by atoms with Crippen LogP contribution in [0.4, 0.5) is 11.6 Å². The summed E-state index contributed by atoms with van der Waals surface area (Å²) >= 11 is 0. The molecule has 28 heavy (non-hydrogen) atoms. The Kier molecular flexibility index (Phi) is 4.72. The van der Waals surface area contributed by atoms with Gasteiger partial charge in [0.1, 0.15) is 17.0 Å². The quantitative estimate of drug-likeness (QED) is 0.562. The second-order valence-electron chi connectivity index (χ2n) is 6.26. The second kappa shape index (κ2) is 7.48. The number of methoxy groups -OCH3 is 2. The van der Waals surface area contributed by atoms with E-state index in [1.165, 1.54) is 0 Å². The van der Waals surface area contributed by atoms with E-state index < -0.39 is 0 Å². The zero-order valence-corrected chi connectivity index (χ0v) is 15.8. The Bertz CT molecular complexity index is 1110. The monoisotopic (exact) mass is 373 g/mol. The molecule has 7 nitrogen and oxygen atoms in total. The van der Waals surface area contributed by atoms with Crippen molar-refractivity contribution in [2.45, 2.75) is 6.92 Å². The molecule has 140 valence electrons. The third-order valence-electron chi connectivity index (χ3n) is 4.37. The largest absolute Gasteiger partial charge is 0.497 e. The van der Waals surface area contributed by atoms with Gasteiger partial charge in [0.05, 0.1) is 19.7 Å². The van der Waals surface area contributed by atoms with E-state index in [0.717, 1.165) is 44.9 Å². The van der Waals surface area contributed by atoms with Crippen LogP contribution in [0.1, 0.15) is 5.56 Å². The van der Waals surface area contributed by atoms with Crippen molar-refractivity contribution in [1.82, 2.24) is 20.2 Å². The first-order chi connectivity index (χ1) is 13.7. The molecule has 2 aromatic carbocycles. The highest BCUT2D eigenvalue weighted by Gasteiger charge is 2.10. The van der Waals surface area contributed by atoms with Gasteiger partial charge in [0.25, 0.3) is 0 Å². The van der Waals surface area contributed by atoms with E-state index in [4.69, 9.17) is 9.47 Å². The van der Waals surface area contributed by atoms with Gasteiger partial charge in [0.2, 0.25) is 5.95 Å². The van der Waals surface area contributed by atoms with Crippen molar-refractivity contribution in [3.05, 3.63) is 60.4 Å². The van der Waals surface area contributed by atoms with Crippen molar-refractivity contribution < 1.29 is 9.47 Å². The van der Waals surface area contributed by atoms with Gasteiger partial charge in [-0.25, -0.2) is 4.98 Å². The van der Waals surface area contributed by atoms with Crippen LogP contribution < -0.4 is 14.8 Å². The Labute approximate surface area is 162 Å². The summed E-state index contributed by atoms with van der Waals surface area (Å²) in [6.07, 6.45) is 3.41. The van der Waals surface area contributed by atoms with Crippen LogP contribution >= 0.6 is 0 Å². The first-order valence-electron chi connectivity index (χ1n) is 8.72. The zero-order chi connectivity index (χ0) is 19.5. The van der Waals surface area contributed by atoms with E-state index in [2.05, 4.69) is 31.5 Å². The van der Waals surface area contributed by atoms with E-state index in [9.17, 15) is 0 Å². The predicted octanol–water partition coefficient (Wildman–Crippen LogP) is 4.16. The fourth-order valence-electron chi connectivity index (χ4n) is 2.97. The van der Waals surface area contributed by atoms with Gasteiger partial charge in [-0.2, -0.15) is 0 Å². The fraction of sp³-hybridized carbons (Fsp3) is 0.143. The van der Waals surface area contributed by atoms with Crippen molar-refractivity contribution >= 4 is 22.7 Å². The van der Waals surface area contributed by atoms with Crippen molar-refractivity contribution in [2.75, 3.05) is 19.5 Å². The minimum Gasteiger partial charge on any atom is -0.497 e. The number of fused-ring (bicyclic) bond motifs is 1. The molecule has 0 spiro atoms. The Balaban J connectivity index is 1.74. The number of nitrogens with one attached hydrogen (secondary N) is 1. The third-order valence-corrected chi connectivity index (χ3v) is 4.37. The molecule has 0 atom stereocenters. The van der Waals surface area contributed by atoms with Crippen molar-refractivity contribution in [2.24, 2.45) is 0 Å². The summed E-state index contributed by atoms with van der Waals surface area (Å²) in [7, 11) is 3.27. The Morgan fingerprint density at radius 1 is 0.821 bits per heavy atom. The summed E-state index contributed by atoms with van der Waals surface area (Å²) in [6.45, 7) is 2.01. The van der Waals surface area contributed by atoms with E-state index in [1.807, 2.05) is 43.3 Å². The number of pyridine rings is 1. The minimum atomic E-state index is 0.442. The highest BCUT2D eigenvalue weighted by atomic mass is 16.5. The van der Waals surface area contributed by atoms with Gasteiger partial charge >= 0.3 is 0 Å². The van der Waals surface area contributed by atoms with E-state index >= 15 is 0 Å². The lowest BCUT2D eigenvalue weighted by atomic mass is 10.0. The van der Waals surface area contributed by atoms with Crippen LogP contribution in [0.5, 0.6) is 11.5 Å². The van der Waals surface area contributed by atoms with Gasteiger partial charge in [-0.1, -0.05) is 0 Å². The summed E-state index contributed by atoms with van der Waals surface area (Å²) in [4.78, 5) is 8.62. The summed E-state index contributed by atoms with van der Waals surface area (Å²) in [5.74, 6) is 1.90. The maximum Gasteiger partial charge on any atom is 0.247 e. The van der Waals surface area contributed by atoms with E-state index in [1.54, 1.807) is 26.6 Å². The first-order valence-corrected chi connectivity index (χ1v) is 8.72. The number of anilines is 2. The molecule has 0 saturated carbocycles. The predicted molar refractivity (Wildman–Crippen MR) is 108 cm³/mol. The Morgan fingerprint density at radius 2 is 1.50 bits per heavy atom. The summed E-state index contributed by atoms with van der Waals surface area (Å²) in [5.41, 5.74) is 5.34. The van der Waals surface area contributed by atoms with Crippen LogP contribution in [0.25, 0.3) is 22.2 Å². The number of aryl methyl sites for hydroxylation is 1. The number of nitrogens with zero attached hydrogens (tertiary/aromatic N) is 4. The highest BCUT2D eigenvalue weighted by Crippen LogP contribution is 2.32. The molecule has 2 heterocycles. The van der Waals surface area contributed by atoms with Crippen LogP contribution in [0.2, 0.25) is 0 Å². The summed E-state index contributed by atoms with van der Waals surface area (Å²) in [5, 5.41) is 11.7. The van der Waals surface area contributed by atoms with Gasteiger partial charge in [-0.3, -0.25) is 4.98 Å².